The van der Waals surface area contributed by atoms with Gasteiger partial charge in [0.25, 0.3) is 0 Å². The normalized spacial score (nSPS) is 16.1. The van der Waals surface area contributed by atoms with Gasteiger partial charge in [-0.25, -0.2) is 30.4 Å². The predicted molar refractivity (Wildman–Crippen MR) is 85.7 cm³/mol. The Bertz CT molecular complexity index is 1090. The van der Waals surface area contributed by atoms with Gasteiger partial charge < -0.3 is 10.1 Å². The van der Waals surface area contributed by atoms with Crippen LogP contribution in [-0.4, -0.2) is 21.4 Å². The highest BCUT2D eigenvalue weighted by molar-refractivity contribution is 7.89. The van der Waals surface area contributed by atoms with Crippen molar-refractivity contribution in [2.45, 2.75) is 17.9 Å². The standard InChI is InChI=1S/C16H11F5N2O4S/c1-5-3-6(27-2)4-7-13(5)22-16(24)14(7)23-28(25,26)15-11(20)9(18)8(17)10(19)12(15)21/h3-4,14,23H,1-2H3,(H,22,24). The van der Waals surface area contributed by atoms with Crippen molar-refractivity contribution in [3.8, 4) is 5.75 Å². The number of hydrogen-bond donors (Lipinski definition) is 2. The molecule has 3 rings (SSSR count). The number of ether oxygens (including phenoxy) is 1. The molecule has 1 amide bonds. The number of halogens is 5. The topological polar surface area (TPSA) is 84.5 Å². The number of benzene rings is 2. The van der Waals surface area contributed by atoms with Crippen LogP contribution in [0.5, 0.6) is 5.75 Å². The molecule has 1 aliphatic rings. The van der Waals surface area contributed by atoms with Crippen molar-refractivity contribution in [3.05, 3.63) is 52.3 Å². The van der Waals surface area contributed by atoms with Gasteiger partial charge in [0, 0.05) is 11.3 Å². The first-order chi connectivity index (χ1) is 13.0. The molecular formula is C16H11F5N2O4S. The minimum absolute atomic E-state index is 0.0642. The summed E-state index contributed by atoms with van der Waals surface area (Å²) in [6.45, 7) is 1.59. The number of carbonyl (C=O) groups excluding carboxylic acids is 1. The Kier molecular flexibility index (Phi) is 4.79. The van der Waals surface area contributed by atoms with Crippen molar-refractivity contribution in [3.63, 3.8) is 0 Å². The highest BCUT2D eigenvalue weighted by atomic mass is 32.2. The second-order valence-electron chi connectivity index (χ2n) is 5.85. The molecule has 0 bridgehead atoms. The van der Waals surface area contributed by atoms with Crippen molar-refractivity contribution in [1.82, 2.24) is 4.72 Å². The first-order valence-electron chi connectivity index (χ1n) is 7.52. The summed E-state index contributed by atoms with van der Waals surface area (Å²) in [5.41, 5.74) is 0.797. The van der Waals surface area contributed by atoms with Gasteiger partial charge in [0.05, 0.1) is 7.11 Å². The van der Waals surface area contributed by atoms with E-state index in [9.17, 15) is 35.2 Å². The van der Waals surface area contributed by atoms with E-state index in [0.717, 1.165) is 0 Å². The molecule has 0 fully saturated rings. The number of carbonyl (C=O) groups is 1. The van der Waals surface area contributed by atoms with E-state index in [4.69, 9.17) is 4.74 Å². The average Bonchev–Trinajstić information content (AvgIpc) is 2.94. The molecule has 28 heavy (non-hydrogen) atoms. The van der Waals surface area contributed by atoms with Gasteiger partial charge in [-0.05, 0) is 24.6 Å². The number of methoxy groups -OCH3 is 1. The number of nitrogens with one attached hydrogen (secondary N) is 2. The van der Waals surface area contributed by atoms with Crippen LogP contribution >= 0.6 is 0 Å². The predicted octanol–water partition coefficient (Wildman–Crippen LogP) is 2.67. The number of hydrogen-bond acceptors (Lipinski definition) is 4. The Balaban J connectivity index is 2.12. The van der Waals surface area contributed by atoms with Crippen molar-refractivity contribution in [2.75, 3.05) is 12.4 Å². The van der Waals surface area contributed by atoms with Crippen molar-refractivity contribution < 1.29 is 39.9 Å². The molecule has 0 spiro atoms. The number of sulfonamides is 1. The first-order valence-corrected chi connectivity index (χ1v) is 9.01. The molecule has 12 heteroatoms. The van der Waals surface area contributed by atoms with Crippen LogP contribution in [0, 0.1) is 36.0 Å². The van der Waals surface area contributed by atoms with E-state index in [2.05, 4.69) is 5.32 Å². The number of anilines is 1. The van der Waals surface area contributed by atoms with Gasteiger partial charge in [-0.2, -0.15) is 4.72 Å². The fraction of sp³-hybridized carbons (Fsp3) is 0.188. The van der Waals surface area contributed by atoms with Crippen molar-refractivity contribution >= 4 is 21.6 Å². The van der Waals surface area contributed by atoms with Gasteiger partial charge in [-0.1, -0.05) is 0 Å². The molecule has 1 aliphatic heterocycles. The van der Waals surface area contributed by atoms with E-state index in [1.54, 1.807) is 17.7 Å². The third-order valence-corrected chi connectivity index (χ3v) is 5.55. The van der Waals surface area contributed by atoms with Gasteiger partial charge in [0.1, 0.15) is 11.8 Å². The molecule has 0 saturated heterocycles. The lowest BCUT2D eigenvalue weighted by Gasteiger charge is -2.15. The first kappa shape index (κ1) is 20.0. The zero-order valence-corrected chi connectivity index (χ0v) is 15.0. The highest BCUT2D eigenvalue weighted by Crippen LogP contribution is 2.38. The lowest BCUT2D eigenvalue weighted by molar-refractivity contribution is -0.117. The molecule has 0 aliphatic carbocycles. The number of fused-ring (bicyclic) bond motifs is 1. The van der Waals surface area contributed by atoms with Crippen LogP contribution in [0.1, 0.15) is 17.2 Å². The minimum atomic E-state index is -5.32. The summed E-state index contributed by atoms with van der Waals surface area (Å²) < 4.78 is 99.1. The van der Waals surface area contributed by atoms with Crippen LogP contribution in [0.15, 0.2) is 17.0 Å². The second kappa shape index (κ2) is 6.71. The van der Waals surface area contributed by atoms with Crippen LogP contribution in [0.4, 0.5) is 27.6 Å². The Labute approximate surface area is 155 Å². The maximum atomic E-state index is 13.9. The minimum Gasteiger partial charge on any atom is -0.497 e. The van der Waals surface area contributed by atoms with E-state index in [1.165, 1.54) is 13.2 Å². The largest absolute Gasteiger partial charge is 0.497 e. The summed E-state index contributed by atoms with van der Waals surface area (Å²) >= 11 is 0. The molecule has 0 radical (unpaired) electrons. The molecular weight excluding hydrogens is 411 g/mol. The van der Waals surface area contributed by atoms with Gasteiger partial charge >= 0.3 is 0 Å². The smallest absolute Gasteiger partial charge is 0.247 e. The van der Waals surface area contributed by atoms with Crippen molar-refractivity contribution in [1.29, 1.82) is 0 Å². The molecule has 6 nitrogen and oxygen atoms in total. The summed E-state index contributed by atoms with van der Waals surface area (Å²) in [7, 11) is -4.00. The maximum absolute atomic E-state index is 13.9. The second-order valence-corrected chi connectivity index (χ2v) is 7.50. The summed E-state index contributed by atoms with van der Waals surface area (Å²) in [5, 5.41) is 2.39. The molecule has 2 aromatic rings. The number of amides is 1. The molecule has 1 unspecified atom stereocenters. The lowest BCUT2D eigenvalue weighted by atomic mass is 10.1. The van der Waals surface area contributed by atoms with Crippen LogP contribution in [-0.2, 0) is 14.8 Å². The Morgan fingerprint density at radius 1 is 1.00 bits per heavy atom. The maximum Gasteiger partial charge on any atom is 0.247 e. The van der Waals surface area contributed by atoms with E-state index < -0.39 is 56.0 Å². The van der Waals surface area contributed by atoms with Gasteiger partial charge in [-0.15, -0.1) is 0 Å². The lowest BCUT2D eigenvalue weighted by Crippen LogP contribution is -2.34. The van der Waals surface area contributed by atoms with Crippen LogP contribution in [0.3, 0.4) is 0 Å². The van der Waals surface area contributed by atoms with E-state index in [-0.39, 0.29) is 17.0 Å². The molecule has 2 N–H and O–H groups in total. The van der Waals surface area contributed by atoms with Gasteiger partial charge in [0.15, 0.2) is 28.2 Å². The molecule has 1 heterocycles. The Morgan fingerprint density at radius 2 is 1.54 bits per heavy atom. The van der Waals surface area contributed by atoms with E-state index in [1.807, 2.05) is 0 Å². The summed E-state index contributed by atoms with van der Waals surface area (Å²) in [5.74, 6) is -13.1. The quantitative estimate of drug-likeness (QED) is 0.451. The Morgan fingerprint density at radius 3 is 2.07 bits per heavy atom. The van der Waals surface area contributed by atoms with Crippen LogP contribution < -0.4 is 14.8 Å². The Hall–Kier alpha value is -2.73. The average molecular weight is 422 g/mol. The van der Waals surface area contributed by atoms with E-state index in [0.29, 0.717) is 5.56 Å². The van der Waals surface area contributed by atoms with Crippen molar-refractivity contribution in [2.24, 2.45) is 0 Å². The zero-order valence-electron chi connectivity index (χ0n) is 14.2. The number of rotatable bonds is 4. The fourth-order valence-corrected chi connectivity index (χ4v) is 4.10. The summed E-state index contributed by atoms with van der Waals surface area (Å²) in [6, 6.07) is 1.16. The summed E-state index contributed by atoms with van der Waals surface area (Å²) in [4.78, 5) is 10.1. The van der Waals surface area contributed by atoms with Gasteiger partial charge in [-0.3, -0.25) is 4.79 Å². The SMILES string of the molecule is COc1cc(C)c2c(c1)C(NS(=O)(=O)c1c(F)c(F)c(F)c(F)c1F)C(=O)N2. The fourth-order valence-electron chi connectivity index (χ4n) is 2.78. The monoisotopic (exact) mass is 422 g/mol. The van der Waals surface area contributed by atoms with Crippen LogP contribution in [0.25, 0.3) is 0 Å². The number of aryl methyl sites for hydroxylation is 1. The third kappa shape index (κ3) is 2.98. The van der Waals surface area contributed by atoms with Gasteiger partial charge in [0.2, 0.25) is 21.7 Å². The zero-order chi connectivity index (χ0) is 21.0. The molecule has 0 aromatic heterocycles. The highest BCUT2D eigenvalue weighted by Gasteiger charge is 2.39. The summed E-state index contributed by atoms with van der Waals surface area (Å²) in [6.07, 6.45) is 0. The van der Waals surface area contributed by atoms with E-state index >= 15 is 0 Å². The molecule has 0 saturated carbocycles. The molecule has 2 aromatic carbocycles. The third-order valence-electron chi connectivity index (χ3n) is 4.11. The molecule has 1 atom stereocenters. The van der Waals surface area contributed by atoms with Crippen LogP contribution in [0.2, 0.25) is 0 Å². The molecule has 150 valence electrons.